The van der Waals surface area contributed by atoms with Crippen molar-refractivity contribution < 1.29 is 14.3 Å². The fourth-order valence-electron chi connectivity index (χ4n) is 2.27. The van der Waals surface area contributed by atoms with Crippen LogP contribution < -0.4 is 20.7 Å². The van der Waals surface area contributed by atoms with Gasteiger partial charge in [-0.15, -0.1) is 0 Å². The van der Waals surface area contributed by atoms with Gasteiger partial charge in [0.25, 0.3) is 0 Å². The molecular formula is C20H25N3O3. The summed E-state index contributed by atoms with van der Waals surface area (Å²) in [4.78, 5) is 23.7. The minimum atomic E-state index is -0.419. The lowest BCUT2D eigenvalue weighted by atomic mass is 10.2. The quantitative estimate of drug-likeness (QED) is 0.671. The second-order valence-corrected chi connectivity index (χ2v) is 5.79. The number of carbonyl (C=O) groups is 2. The summed E-state index contributed by atoms with van der Waals surface area (Å²) in [5, 5.41) is 8.79. The summed E-state index contributed by atoms with van der Waals surface area (Å²) < 4.78 is 5.38. The van der Waals surface area contributed by atoms with E-state index in [1.54, 1.807) is 38.1 Å². The molecule has 0 aliphatic heterocycles. The molecular weight excluding hydrogens is 330 g/mol. The number of ether oxygens (including phenoxy) is 1. The maximum atomic E-state index is 12.3. The van der Waals surface area contributed by atoms with Gasteiger partial charge in [-0.3, -0.25) is 9.59 Å². The SMILES string of the molecule is CCOc1ccc(NC(=O)C(C)Nc2ccc(NC(=O)CC)cc2)cc1. The number of carbonyl (C=O) groups excluding carboxylic acids is 2. The van der Waals surface area contributed by atoms with Crippen LogP contribution in [0.5, 0.6) is 5.75 Å². The van der Waals surface area contributed by atoms with Crippen molar-refractivity contribution in [2.45, 2.75) is 33.2 Å². The molecule has 0 aliphatic carbocycles. The molecule has 0 saturated heterocycles. The highest BCUT2D eigenvalue weighted by molar-refractivity contribution is 5.96. The molecule has 0 fully saturated rings. The summed E-state index contributed by atoms with van der Waals surface area (Å²) >= 11 is 0. The van der Waals surface area contributed by atoms with Gasteiger partial charge in [-0.25, -0.2) is 0 Å². The summed E-state index contributed by atoms with van der Waals surface area (Å²) in [6.07, 6.45) is 0.433. The lowest BCUT2D eigenvalue weighted by Crippen LogP contribution is -2.31. The lowest BCUT2D eigenvalue weighted by Gasteiger charge is -2.16. The average Bonchev–Trinajstić information content (AvgIpc) is 2.65. The first-order chi connectivity index (χ1) is 12.5. The third-order valence-electron chi connectivity index (χ3n) is 3.70. The van der Waals surface area contributed by atoms with Gasteiger partial charge in [-0.1, -0.05) is 6.92 Å². The van der Waals surface area contributed by atoms with Crippen LogP contribution in [-0.2, 0) is 9.59 Å². The molecule has 2 rings (SSSR count). The largest absolute Gasteiger partial charge is 0.494 e. The van der Waals surface area contributed by atoms with E-state index in [0.29, 0.717) is 18.7 Å². The van der Waals surface area contributed by atoms with E-state index in [1.807, 2.05) is 31.2 Å². The van der Waals surface area contributed by atoms with Crippen LogP contribution >= 0.6 is 0 Å². The van der Waals surface area contributed by atoms with Gasteiger partial charge >= 0.3 is 0 Å². The van der Waals surface area contributed by atoms with E-state index in [4.69, 9.17) is 4.74 Å². The third kappa shape index (κ3) is 5.81. The molecule has 3 N–H and O–H groups in total. The van der Waals surface area contributed by atoms with Crippen LogP contribution in [0.3, 0.4) is 0 Å². The predicted molar refractivity (Wildman–Crippen MR) is 105 cm³/mol. The molecule has 26 heavy (non-hydrogen) atoms. The smallest absolute Gasteiger partial charge is 0.246 e. The Hall–Kier alpha value is -3.02. The Bertz CT molecular complexity index is 727. The Morgan fingerprint density at radius 3 is 2.00 bits per heavy atom. The zero-order valence-corrected chi connectivity index (χ0v) is 15.3. The zero-order chi connectivity index (χ0) is 18.9. The molecule has 0 heterocycles. The van der Waals surface area contributed by atoms with Gasteiger partial charge in [-0.05, 0) is 62.4 Å². The van der Waals surface area contributed by atoms with Crippen LogP contribution in [0.25, 0.3) is 0 Å². The molecule has 138 valence electrons. The molecule has 2 aromatic carbocycles. The van der Waals surface area contributed by atoms with E-state index >= 15 is 0 Å². The number of anilines is 3. The van der Waals surface area contributed by atoms with Gasteiger partial charge in [0.1, 0.15) is 11.8 Å². The first-order valence-corrected chi connectivity index (χ1v) is 8.72. The second kappa shape index (κ2) is 9.46. The number of rotatable bonds is 8. The molecule has 0 aromatic heterocycles. The lowest BCUT2D eigenvalue weighted by molar-refractivity contribution is -0.117. The minimum Gasteiger partial charge on any atom is -0.494 e. The molecule has 6 nitrogen and oxygen atoms in total. The van der Waals surface area contributed by atoms with Crippen molar-refractivity contribution in [3.05, 3.63) is 48.5 Å². The van der Waals surface area contributed by atoms with Crippen LogP contribution in [0.1, 0.15) is 27.2 Å². The summed E-state index contributed by atoms with van der Waals surface area (Å²) in [6.45, 7) is 6.12. The molecule has 0 aliphatic rings. The molecule has 1 unspecified atom stereocenters. The maximum Gasteiger partial charge on any atom is 0.246 e. The highest BCUT2D eigenvalue weighted by Crippen LogP contribution is 2.17. The van der Waals surface area contributed by atoms with Crippen molar-refractivity contribution in [1.29, 1.82) is 0 Å². The molecule has 2 amide bonds. The number of amides is 2. The van der Waals surface area contributed by atoms with E-state index in [1.165, 1.54) is 0 Å². The van der Waals surface area contributed by atoms with Gasteiger partial charge in [-0.2, -0.15) is 0 Å². The molecule has 0 saturated carbocycles. The fraction of sp³-hybridized carbons (Fsp3) is 0.300. The van der Waals surface area contributed by atoms with Gasteiger partial charge in [0.2, 0.25) is 11.8 Å². The van der Waals surface area contributed by atoms with Crippen molar-refractivity contribution in [1.82, 2.24) is 0 Å². The predicted octanol–water partition coefficient (Wildman–Crippen LogP) is 3.87. The Balaban J connectivity index is 1.88. The van der Waals surface area contributed by atoms with E-state index in [2.05, 4.69) is 16.0 Å². The standard InChI is InChI=1S/C20H25N3O3/c1-4-19(24)22-16-8-6-15(7-9-16)21-14(3)20(25)23-17-10-12-18(13-11-17)26-5-2/h6-14,21H,4-5H2,1-3H3,(H,22,24)(H,23,25). The minimum absolute atomic E-state index is 0.0335. The number of hydrogen-bond acceptors (Lipinski definition) is 4. The summed E-state index contributed by atoms with van der Waals surface area (Å²) in [5.41, 5.74) is 2.24. The first-order valence-electron chi connectivity index (χ1n) is 8.72. The van der Waals surface area contributed by atoms with E-state index in [0.717, 1.165) is 17.1 Å². The van der Waals surface area contributed by atoms with Crippen LogP contribution in [0.4, 0.5) is 17.1 Å². The van der Waals surface area contributed by atoms with Crippen molar-refractivity contribution in [2.75, 3.05) is 22.6 Å². The second-order valence-electron chi connectivity index (χ2n) is 5.79. The van der Waals surface area contributed by atoms with Crippen molar-refractivity contribution in [2.24, 2.45) is 0 Å². The Morgan fingerprint density at radius 1 is 0.885 bits per heavy atom. The normalized spacial score (nSPS) is 11.3. The van der Waals surface area contributed by atoms with Crippen LogP contribution in [0.2, 0.25) is 0 Å². The number of nitrogens with one attached hydrogen (secondary N) is 3. The highest BCUT2D eigenvalue weighted by atomic mass is 16.5. The fourth-order valence-corrected chi connectivity index (χ4v) is 2.27. The van der Waals surface area contributed by atoms with Crippen molar-refractivity contribution >= 4 is 28.9 Å². The summed E-state index contributed by atoms with van der Waals surface area (Å²) in [7, 11) is 0. The number of hydrogen-bond donors (Lipinski definition) is 3. The topological polar surface area (TPSA) is 79.5 Å². The Kier molecular flexibility index (Phi) is 7.02. The van der Waals surface area contributed by atoms with Crippen molar-refractivity contribution in [3.8, 4) is 5.75 Å². The Labute approximate surface area is 153 Å². The van der Waals surface area contributed by atoms with E-state index < -0.39 is 6.04 Å². The molecule has 1 atom stereocenters. The number of benzene rings is 2. The Morgan fingerprint density at radius 2 is 1.42 bits per heavy atom. The van der Waals surface area contributed by atoms with Gasteiger partial charge in [0, 0.05) is 23.5 Å². The van der Waals surface area contributed by atoms with Crippen LogP contribution in [0, 0.1) is 0 Å². The third-order valence-corrected chi connectivity index (χ3v) is 3.70. The molecule has 0 bridgehead atoms. The first kappa shape index (κ1) is 19.3. The van der Waals surface area contributed by atoms with E-state index in [9.17, 15) is 9.59 Å². The summed E-state index contributed by atoms with van der Waals surface area (Å²) in [5.74, 6) is 0.596. The van der Waals surface area contributed by atoms with Gasteiger partial charge in [0.15, 0.2) is 0 Å². The zero-order valence-electron chi connectivity index (χ0n) is 15.3. The monoisotopic (exact) mass is 355 g/mol. The van der Waals surface area contributed by atoms with E-state index in [-0.39, 0.29) is 11.8 Å². The summed E-state index contributed by atoms with van der Waals surface area (Å²) in [6, 6.07) is 14.1. The molecule has 0 radical (unpaired) electrons. The maximum absolute atomic E-state index is 12.3. The van der Waals surface area contributed by atoms with Gasteiger partial charge < -0.3 is 20.7 Å². The van der Waals surface area contributed by atoms with Gasteiger partial charge in [0.05, 0.1) is 6.61 Å². The highest BCUT2D eigenvalue weighted by Gasteiger charge is 2.13. The molecule has 2 aromatic rings. The molecule has 0 spiro atoms. The molecule has 6 heteroatoms. The van der Waals surface area contributed by atoms with Crippen molar-refractivity contribution in [3.63, 3.8) is 0 Å². The average molecular weight is 355 g/mol. The van der Waals surface area contributed by atoms with Crippen LogP contribution in [-0.4, -0.2) is 24.5 Å². The van der Waals surface area contributed by atoms with Crippen LogP contribution in [0.15, 0.2) is 48.5 Å².